The number of para-hydroxylation sites is 1. The van der Waals surface area contributed by atoms with E-state index in [-0.39, 0.29) is 30.2 Å². The number of nitrogens with one attached hydrogen (secondary N) is 1. The first-order valence-corrected chi connectivity index (χ1v) is 13.4. The second-order valence-corrected chi connectivity index (χ2v) is 9.71. The Balaban J connectivity index is 1.68. The summed E-state index contributed by atoms with van der Waals surface area (Å²) in [5.41, 5.74) is 1.60. The first-order valence-electron chi connectivity index (χ1n) is 13.0. The van der Waals surface area contributed by atoms with Gasteiger partial charge in [0.05, 0.1) is 27.5 Å². The zero-order valence-corrected chi connectivity index (χ0v) is 23.1. The molecule has 0 unspecified atom stereocenters. The van der Waals surface area contributed by atoms with Crippen molar-refractivity contribution in [1.29, 1.82) is 0 Å². The SMILES string of the molecule is CCN(CC)CCCN(CC(=O)N1c2ccc(Cl)cc2NC(=O)c2ccccc21)C(=O)c1ccc([N+](=O)[O-])cc1. The van der Waals surface area contributed by atoms with E-state index in [2.05, 4.69) is 24.1 Å². The predicted octanol–water partition coefficient (Wildman–Crippen LogP) is 5.35. The normalized spacial score (nSPS) is 12.3. The number of non-ortho nitro benzene ring substituents is 1. The standard InChI is InChI=1S/C29H30ClN5O5/c1-3-32(4-2)16-7-17-33(29(38)20-10-13-22(14-11-20)35(39)40)19-27(36)34-25-9-6-5-8-23(25)28(37)31-24-18-21(30)12-15-26(24)34/h5-6,8-15,18H,3-4,7,16-17,19H2,1-2H3,(H,31,37). The lowest BCUT2D eigenvalue weighted by atomic mass is 10.1. The molecule has 4 rings (SSSR count). The zero-order chi connectivity index (χ0) is 28.8. The zero-order valence-electron chi connectivity index (χ0n) is 22.3. The molecule has 1 aliphatic heterocycles. The lowest BCUT2D eigenvalue weighted by Crippen LogP contribution is -2.42. The summed E-state index contributed by atoms with van der Waals surface area (Å²) in [6.07, 6.45) is 0.622. The molecule has 0 atom stereocenters. The molecule has 0 aromatic heterocycles. The highest BCUT2D eigenvalue weighted by atomic mass is 35.5. The molecular weight excluding hydrogens is 534 g/mol. The van der Waals surface area contributed by atoms with Crippen molar-refractivity contribution in [3.05, 3.63) is 93.0 Å². The maximum absolute atomic E-state index is 14.0. The van der Waals surface area contributed by atoms with Crippen molar-refractivity contribution in [1.82, 2.24) is 9.80 Å². The highest BCUT2D eigenvalue weighted by Crippen LogP contribution is 2.39. The Morgan fingerprint density at radius 2 is 1.68 bits per heavy atom. The lowest BCUT2D eigenvalue weighted by Gasteiger charge is -2.29. The van der Waals surface area contributed by atoms with Gasteiger partial charge in [0.15, 0.2) is 0 Å². The average molecular weight is 564 g/mol. The van der Waals surface area contributed by atoms with Crippen molar-refractivity contribution in [3.63, 3.8) is 0 Å². The van der Waals surface area contributed by atoms with Crippen LogP contribution in [0.5, 0.6) is 0 Å². The summed E-state index contributed by atoms with van der Waals surface area (Å²) in [7, 11) is 0. The third-order valence-electron chi connectivity index (χ3n) is 6.82. The summed E-state index contributed by atoms with van der Waals surface area (Å²) < 4.78 is 0. The minimum Gasteiger partial charge on any atom is -0.329 e. The van der Waals surface area contributed by atoms with E-state index in [4.69, 9.17) is 11.6 Å². The van der Waals surface area contributed by atoms with Gasteiger partial charge in [-0.25, -0.2) is 0 Å². The Labute approximate surface area is 237 Å². The first kappa shape index (κ1) is 28.7. The molecule has 1 aliphatic rings. The molecule has 0 radical (unpaired) electrons. The van der Waals surface area contributed by atoms with E-state index in [0.717, 1.165) is 19.6 Å². The van der Waals surface area contributed by atoms with Crippen LogP contribution in [0.3, 0.4) is 0 Å². The Hall–Kier alpha value is -4.28. The third kappa shape index (κ3) is 6.30. The Morgan fingerprint density at radius 1 is 0.975 bits per heavy atom. The average Bonchev–Trinajstić information content (AvgIpc) is 3.07. The van der Waals surface area contributed by atoms with Crippen molar-refractivity contribution in [2.75, 3.05) is 42.9 Å². The number of carbonyl (C=O) groups excluding carboxylic acids is 3. The smallest absolute Gasteiger partial charge is 0.269 e. The molecule has 11 heteroatoms. The first-order chi connectivity index (χ1) is 19.2. The lowest BCUT2D eigenvalue weighted by molar-refractivity contribution is -0.384. The molecular formula is C29H30ClN5O5. The summed E-state index contributed by atoms with van der Waals surface area (Å²) in [6, 6.07) is 16.9. The van der Waals surface area contributed by atoms with E-state index in [1.807, 2.05) is 0 Å². The Bertz CT molecular complexity index is 1420. The van der Waals surface area contributed by atoms with Gasteiger partial charge in [0.25, 0.3) is 23.4 Å². The van der Waals surface area contributed by atoms with E-state index in [0.29, 0.717) is 34.1 Å². The van der Waals surface area contributed by atoms with Gasteiger partial charge in [-0.15, -0.1) is 0 Å². The number of hydrogen-bond acceptors (Lipinski definition) is 6. The molecule has 0 spiro atoms. The fourth-order valence-corrected chi connectivity index (χ4v) is 4.84. The predicted molar refractivity (Wildman–Crippen MR) is 154 cm³/mol. The van der Waals surface area contributed by atoms with Crippen molar-refractivity contribution < 1.29 is 19.3 Å². The van der Waals surface area contributed by atoms with Gasteiger partial charge in [-0.3, -0.25) is 29.4 Å². The quantitative estimate of drug-likeness (QED) is 0.262. The largest absolute Gasteiger partial charge is 0.329 e. The second-order valence-electron chi connectivity index (χ2n) is 9.27. The second kappa shape index (κ2) is 12.7. The number of hydrogen-bond donors (Lipinski definition) is 1. The molecule has 1 heterocycles. The van der Waals surface area contributed by atoms with Crippen LogP contribution in [0.25, 0.3) is 0 Å². The van der Waals surface area contributed by atoms with E-state index in [1.165, 1.54) is 34.1 Å². The molecule has 0 aliphatic carbocycles. The van der Waals surface area contributed by atoms with Crippen molar-refractivity contribution in [2.45, 2.75) is 20.3 Å². The number of nitro groups is 1. The van der Waals surface area contributed by atoms with Gasteiger partial charge in [-0.05, 0) is 68.5 Å². The van der Waals surface area contributed by atoms with Gasteiger partial charge in [0.1, 0.15) is 6.54 Å². The van der Waals surface area contributed by atoms with Gasteiger partial charge in [0, 0.05) is 29.3 Å². The van der Waals surface area contributed by atoms with Crippen LogP contribution in [-0.4, -0.2) is 65.2 Å². The molecule has 0 fully saturated rings. The number of carbonyl (C=O) groups is 3. The van der Waals surface area contributed by atoms with Crippen molar-refractivity contribution in [3.8, 4) is 0 Å². The summed E-state index contributed by atoms with van der Waals surface area (Å²) in [6.45, 7) is 6.58. The fraction of sp³-hybridized carbons (Fsp3) is 0.276. The van der Waals surface area contributed by atoms with Gasteiger partial charge in [-0.1, -0.05) is 37.6 Å². The van der Waals surface area contributed by atoms with Crippen LogP contribution < -0.4 is 10.2 Å². The number of nitro benzene ring substituents is 1. The van der Waals surface area contributed by atoms with Gasteiger partial charge >= 0.3 is 0 Å². The van der Waals surface area contributed by atoms with Crippen LogP contribution in [0.15, 0.2) is 66.7 Å². The highest BCUT2D eigenvalue weighted by molar-refractivity contribution is 6.31. The van der Waals surface area contributed by atoms with Crippen LogP contribution in [0, 0.1) is 10.1 Å². The van der Waals surface area contributed by atoms with Crippen LogP contribution in [0.1, 0.15) is 41.0 Å². The van der Waals surface area contributed by atoms with Crippen molar-refractivity contribution in [2.24, 2.45) is 0 Å². The number of halogens is 1. The maximum Gasteiger partial charge on any atom is 0.269 e. The Kier molecular flexibility index (Phi) is 9.13. The number of benzene rings is 3. The summed E-state index contributed by atoms with van der Waals surface area (Å²) in [4.78, 5) is 56.3. The summed E-state index contributed by atoms with van der Waals surface area (Å²) >= 11 is 6.19. The summed E-state index contributed by atoms with van der Waals surface area (Å²) in [5.74, 6) is -1.23. The van der Waals surface area contributed by atoms with E-state index < -0.39 is 16.7 Å². The molecule has 208 valence electrons. The number of nitrogens with zero attached hydrogens (tertiary/aromatic N) is 4. The number of amides is 3. The van der Waals surface area contributed by atoms with Crippen LogP contribution in [0.4, 0.5) is 22.7 Å². The molecule has 1 N–H and O–H groups in total. The Morgan fingerprint density at radius 3 is 2.35 bits per heavy atom. The third-order valence-corrected chi connectivity index (χ3v) is 7.06. The molecule has 0 saturated heterocycles. The monoisotopic (exact) mass is 563 g/mol. The minimum atomic E-state index is -0.532. The molecule has 0 saturated carbocycles. The molecule has 40 heavy (non-hydrogen) atoms. The molecule has 3 aromatic carbocycles. The molecule has 0 bridgehead atoms. The number of fused-ring (bicyclic) bond motifs is 2. The van der Waals surface area contributed by atoms with Crippen LogP contribution >= 0.6 is 11.6 Å². The summed E-state index contributed by atoms with van der Waals surface area (Å²) in [5, 5.41) is 14.3. The van der Waals surface area contributed by atoms with E-state index >= 15 is 0 Å². The van der Waals surface area contributed by atoms with E-state index in [9.17, 15) is 24.5 Å². The van der Waals surface area contributed by atoms with Crippen LogP contribution in [0.2, 0.25) is 5.02 Å². The highest BCUT2D eigenvalue weighted by Gasteiger charge is 2.31. The number of anilines is 3. The fourth-order valence-electron chi connectivity index (χ4n) is 4.67. The topological polar surface area (TPSA) is 116 Å². The molecule has 3 amide bonds. The van der Waals surface area contributed by atoms with E-state index in [1.54, 1.807) is 42.5 Å². The molecule has 3 aromatic rings. The van der Waals surface area contributed by atoms with Crippen LogP contribution in [-0.2, 0) is 4.79 Å². The van der Waals surface area contributed by atoms with Gasteiger partial charge < -0.3 is 15.1 Å². The van der Waals surface area contributed by atoms with Gasteiger partial charge in [0.2, 0.25) is 0 Å². The number of rotatable bonds is 10. The molecule has 10 nitrogen and oxygen atoms in total. The maximum atomic E-state index is 14.0. The minimum absolute atomic E-state index is 0.130. The van der Waals surface area contributed by atoms with Gasteiger partial charge in [-0.2, -0.15) is 0 Å². The van der Waals surface area contributed by atoms with Crippen molar-refractivity contribution >= 4 is 52.1 Å².